The molecule has 2 aromatic rings. The lowest BCUT2D eigenvalue weighted by molar-refractivity contribution is 1.03. The maximum Gasteiger partial charge on any atom is 0.372 e. The minimum atomic E-state index is -0.571. The summed E-state index contributed by atoms with van der Waals surface area (Å²) in [5.41, 5.74) is 0.380. The Kier molecular flexibility index (Phi) is 3.37. The van der Waals surface area contributed by atoms with Crippen LogP contribution >= 0.6 is 23.2 Å². The zero-order valence-corrected chi connectivity index (χ0v) is 13.5. The highest BCUT2D eigenvalue weighted by molar-refractivity contribution is 6.32. The van der Waals surface area contributed by atoms with Crippen molar-refractivity contribution >= 4 is 34.2 Å². The molecule has 0 aromatic heterocycles. The first kappa shape index (κ1) is 14.9. The number of fused-ring (bicyclic) bond motifs is 3. The number of nitrogens with zero attached hydrogens (tertiary/aromatic N) is 4. The van der Waals surface area contributed by atoms with Crippen molar-refractivity contribution in [2.45, 2.75) is 0 Å². The van der Waals surface area contributed by atoms with E-state index in [-0.39, 0.29) is 5.82 Å². The van der Waals surface area contributed by atoms with Gasteiger partial charge in [0.25, 0.3) is 5.56 Å². The van der Waals surface area contributed by atoms with Gasteiger partial charge in [-0.2, -0.15) is 0 Å². The second kappa shape index (κ2) is 5.43. The Bertz CT molecular complexity index is 1180. The fourth-order valence-electron chi connectivity index (χ4n) is 2.64. The highest BCUT2D eigenvalue weighted by atomic mass is 35.5. The highest BCUT2D eigenvalue weighted by Crippen LogP contribution is 2.25. The zero-order chi connectivity index (χ0) is 16.8. The maximum atomic E-state index is 12.8. The number of hydrogen-bond acceptors (Lipinski definition) is 4. The van der Waals surface area contributed by atoms with E-state index in [0.29, 0.717) is 26.8 Å². The van der Waals surface area contributed by atoms with Crippen molar-refractivity contribution in [1.29, 1.82) is 0 Å². The fraction of sp³-hybridized carbons (Fsp3) is 0. The smallest absolute Gasteiger partial charge is 0.274 e. The third-order valence-electron chi connectivity index (χ3n) is 3.64. The molecule has 0 aliphatic carbocycles. The van der Waals surface area contributed by atoms with E-state index in [4.69, 9.17) is 23.2 Å². The van der Waals surface area contributed by atoms with Crippen molar-refractivity contribution < 1.29 is 0 Å². The van der Waals surface area contributed by atoms with E-state index in [1.165, 1.54) is 15.2 Å². The third-order valence-corrected chi connectivity index (χ3v) is 4.20. The molecule has 0 saturated heterocycles. The summed E-state index contributed by atoms with van der Waals surface area (Å²) < 4.78 is 2.66. The van der Waals surface area contributed by atoms with Gasteiger partial charge < -0.3 is 0 Å². The lowest BCUT2D eigenvalue weighted by atomic mass is 10.2. The summed E-state index contributed by atoms with van der Waals surface area (Å²) in [6.45, 7) is 0. The molecule has 0 bridgehead atoms. The van der Waals surface area contributed by atoms with Crippen molar-refractivity contribution in [2.75, 3.05) is 0 Å². The van der Waals surface area contributed by atoms with E-state index >= 15 is 0 Å². The molecule has 2 aliphatic heterocycles. The van der Waals surface area contributed by atoms with Gasteiger partial charge in [0, 0.05) is 11.1 Å². The maximum absolute atomic E-state index is 12.8. The summed E-state index contributed by atoms with van der Waals surface area (Å²) in [7, 11) is 0. The van der Waals surface area contributed by atoms with Gasteiger partial charge in [-0.05, 0) is 30.3 Å². The van der Waals surface area contributed by atoms with E-state index in [1.54, 1.807) is 42.5 Å². The van der Waals surface area contributed by atoms with E-state index in [1.807, 2.05) is 0 Å². The first-order chi connectivity index (χ1) is 11.6. The molecule has 0 atom stereocenters. The average Bonchev–Trinajstić information content (AvgIpc) is 2.85. The third kappa shape index (κ3) is 2.19. The van der Waals surface area contributed by atoms with Gasteiger partial charge in [0.1, 0.15) is 0 Å². The van der Waals surface area contributed by atoms with Crippen LogP contribution in [0.3, 0.4) is 0 Å². The predicted molar refractivity (Wildman–Crippen MR) is 91.9 cm³/mol. The number of benzene rings is 2. The first-order valence-electron chi connectivity index (χ1n) is 6.92. The molecule has 8 heteroatoms. The summed E-state index contributed by atoms with van der Waals surface area (Å²) in [5, 5.41) is 8.09. The van der Waals surface area contributed by atoms with Crippen LogP contribution in [0.4, 0.5) is 0 Å². The molecule has 2 aromatic carbocycles. The van der Waals surface area contributed by atoms with Gasteiger partial charge in [-0.3, -0.25) is 9.36 Å². The van der Waals surface area contributed by atoms with Crippen LogP contribution in [-0.4, -0.2) is 19.3 Å². The molecule has 0 amide bonds. The highest BCUT2D eigenvalue weighted by Gasteiger charge is 2.17. The number of aromatic nitrogens is 4. The van der Waals surface area contributed by atoms with Crippen LogP contribution in [0, 0.1) is 0 Å². The molecule has 2 aliphatic rings. The van der Waals surface area contributed by atoms with Crippen LogP contribution < -0.4 is 11.2 Å². The molecule has 0 spiro atoms. The van der Waals surface area contributed by atoms with Crippen LogP contribution in [0.5, 0.6) is 0 Å². The van der Waals surface area contributed by atoms with Gasteiger partial charge in [-0.1, -0.05) is 40.4 Å². The second-order valence-electron chi connectivity index (χ2n) is 5.08. The Balaban J connectivity index is 2.32. The van der Waals surface area contributed by atoms with Crippen LogP contribution in [0.25, 0.3) is 22.5 Å². The van der Waals surface area contributed by atoms with Crippen LogP contribution in [0.15, 0.2) is 58.1 Å². The first-order valence-corrected chi connectivity index (χ1v) is 7.67. The number of halogens is 2. The monoisotopic (exact) mass is 358 g/mol. The zero-order valence-electron chi connectivity index (χ0n) is 12.0. The molecular formula is C16H8Cl2N4O2. The second-order valence-corrected chi connectivity index (χ2v) is 5.92. The minimum Gasteiger partial charge on any atom is -0.274 e. The topological polar surface area (TPSA) is 69.8 Å². The Labute approximate surface area is 144 Å². The van der Waals surface area contributed by atoms with Gasteiger partial charge in [0.2, 0.25) is 0 Å². The summed E-state index contributed by atoms with van der Waals surface area (Å²) in [6, 6.07) is 13.0. The summed E-state index contributed by atoms with van der Waals surface area (Å²) in [4.78, 5) is 24.9. The molecule has 0 radical (unpaired) electrons. The number of rotatable bonds is 1. The minimum absolute atomic E-state index is 0.156. The van der Waals surface area contributed by atoms with Gasteiger partial charge in [-0.15, -0.1) is 5.10 Å². The fourth-order valence-corrected chi connectivity index (χ4v) is 3.03. The molecule has 24 heavy (non-hydrogen) atoms. The molecular weight excluding hydrogens is 351 g/mol. The molecule has 118 valence electrons. The Morgan fingerprint density at radius 2 is 1.62 bits per heavy atom. The summed E-state index contributed by atoms with van der Waals surface area (Å²) in [6.07, 6.45) is 0. The lowest BCUT2D eigenvalue weighted by Crippen LogP contribution is -2.15. The Morgan fingerprint density at radius 3 is 2.42 bits per heavy atom. The van der Waals surface area contributed by atoms with Crippen molar-refractivity contribution in [2.24, 2.45) is 0 Å². The van der Waals surface area contributed by atoms with E-state index in [0.717, 1.165) is 0 Å². The molecule has 0 fully saturated rings. The van der Waals surface area contributed by atoms with E-state index < -0.39 is 11.2 Å². The van der Waals surface area contributed by atoms with Crippen molar-refractivity contribution in [1.82, 2.24) is 19.3 Å². The van der Waals surface area contributed by atoms with E-state index in [2.05, 4.69) is 10.2 Å². The molecule has 6 nitrogen and oxygen atoms in total. The normalized spacial score (nSPS) is 11.2. The average molecular weight is 359 g/mol. The molecule has 2 heterocycles. The molecule has 0 saturated carbocycles. The molecule has 0 unspecified atom stereocenters. The standard InChI is InChI=1S/C16H8Cl2N4O2/c17-9-5-6-12-13(7-9)21(11-4-2-1-3-10(11)18)15(23)8-14-19-20-16(24)22(12)14/h1-8H. The summed E-state index contributed by atoms with van der Waals surface area (Å²) in [5.74, 6) is 0.156. The van der Waals surface area contributed by atoms with Crippen LogP contribution in [-0.2, 0) is 0 Å². The Hall–Kier alpha value is -2.70. The largest absolute Gasteiger partial charge is 0.372 e. The van der Waals surface area contributed by atoms with E-state index in [9.17, 15) is 9.59 Å². The van der Waals surface area contributed by atoms with Gasteiger partial charge >= 0.3 is 5.69 Å². The van der Waals surface area contributed by atoms with Gasteiger partial charge in [0.05, 0.1) is 21.7 Å². The predicted octanol–water partition coefficient (Wildman–Crippen LogP) is 2.68. The summed E-state index contributed by atoms with van der Waals surface area (Å²) >= 11 is 12.4. The SMILES string of the molecule is O=c1cc2nnc(=O)n-2c2ccc(Cl)cc2n1-c1ccccc1Cl. The number of hydrogen-bond donors (Lipinski definition) is 0. The van der Waals surface area contributed by atoms with Crippen LogP contribution in [0.1, 0.15) is 0 Å². The van der Waals surface area contributed by atoms with Crippen molar-refractivity contribution in [3.05, 3.63) is 79.4 Å². The molecule has 0 N–H and O–H groups in total. The van der Waals surface area contributed by atoms with Crippen molar-refractivity contribution in [3.8, 4) is 11.5 Å². The van der Waals surface area contributed by atoms with Gasteiger partial charge in [-0.25, -0.2) is 9.36 Å². The quantitative estimate of drug-likeness (QED) is 0.524. The van der Waals surface area contributed by atoms with Crippen molar-refractivity contribution in [3.63, 3.8) is 0 Å². The lowest BCUT2D eigenvalue weighted by Gasteiger charge is -2.09. The number of para-hydroxylation sites is 1. The Morgan fingerprint density at radius 1 is 0.833 bits per heavy atom. The van der Waals surface area contributed by atoms with Crippen LogP contribution in [0.2, 0.25) is 10.0 Å². The molecule has 4 rings (SSSR count). The van der Waals surface area contributed by atoms with Gasteiger partial charge in [0.15, 0.2) is 5.82 Å².